The molecule has 0 saturated carbocycles. The van der Waals surface area contributed by atoms with Gasteiger partial charge < -0.3 is 9.90 Å². The molecule has 0 aromatic carbocycles. The van der Waals surface area contributed by atoms with E-state index in [0.29, 0.717) is 0 Å². The number of hydrogen-bond donors (Lipinski definition) is 1. The molecule has 0 amide bonds. The van der Waals surface area contributed by atoms with E-state index < -0.39 is 0 Å². The maximum Gasteiger partial charge on any atom is 0.290 e. The number of carbonyl (C=O) groups is 2. The Morgan fingerprint density at radius 3 is 1.25 bits per heavy atom. The fraction of sp³-hybridized carbons (Fsp3) is 0.600. The van der Waals surface area contributed by atoms with E-state index in [4.69, 9.17) is 14.7 Å². The van der Waals surface area contributed by atoms with E-state index in [9.17, 15) is 0 Å². The van der Waals surface area contributed by atoms with Gasteiger partial charge in [0.1, 0.15) is 6.29 Å². The molecule has 3 heteroatoms. The van der Waals surface area contributed by atoms with Gasteiger partial charge in [0.2, 0.25) is 0 Å². The Morgan fingerprint density at radius 1 is 1.25 bits per heavy atom. The van der Waals surface area contributed by atoms with E-state index in [1.807, 2.05) is 0 Å². The Hall–Kier alpha value is -0.860. The third-order valence-corrected chi connectivity index (χ3v) is 0. The number of carboxylic acid groups (broad SMARTS) is 1. The van der Waals surface area contributed by atoms with Crippen LogP contribution >= 0.6 is 0 Å². The molecule has 0 fully saturated rings. The van der Waals surface area contributed by atoms with Crippen molar-refractivity contribution < 1.29 is 14.7 Å². The first-order valence-electron chi connectivity index (χ1n) is 1.31. The third kappa shape index (κ3) is 119. The van der Waals surface area contributed by atoms with Crippen LogP contribution in [-0.2, 0) is 9.59 Å². The summed E-state index contributed by atoms with van der Waals surface area (Å²) in [5, 5.41) is 6.89. The van der Waals surface area contributed by atoms with Crippen LogP contribution in [0.15, 0.2) is 0 Å². The highest BCUT2D eigenvalue weighted by Crippen LogP contribution is 1.13. The largest absolute Gasteiger partial charge is 0.483 e. The topological polar surface area (TPSA) is 54.4 Å². The number of carbonyl (C=O) groups excluding carboxylic acids is 1. The molecule has 0 aliphatic heterocycles. The second kappa shape index (κ2) is 125. The Balaban J connectivity index is -0.0000000160. The highest BCUT2D eigenvalue weighted by molar-refractivity contribution is 5.44. The number of rotatable bonds is 0. The van der Waals surface area contributed by atoms with E-state index in [2.05, 4.69) is 0 Å². The van der Waals surface area contributed by atoms with Crippen LogP contribution in [0.25, 0.3) is 0 Å². The fourth-order valence-corrected chi connectivity index (χ4v) is 0. The quantitative estimate of drug-likeness (QED) is 0.491. The molecule has 0 spiro atoms. The van der Waals surface area contributed by atoms with E-state index in [-0.39, 0.29) is 21.3 Å². The zero-order valence-electron chi connectivity index (χ0n) is 3.42. The fourth-order valence-electron chi connectivity index (χ4n) is 0. The van der Waals surface area contributed by atoms with Gasteiger partial charge in [0.05, 0.1) is 0 Å². The van der Waals surface area contributed by atoms with Crippen molar-refractivity contribution in [2.45, 2.75) is 21.8 Å². The second-order valence-electron chi connectivity index (χ2n) is 0.341. The second-order valence-corrected chi connectivity index (χ2v) is 0.341. The summed E-state index contributed by atoms with van der Waals surface area (Å²) in [6.45, 7) is 1.19. The predicted molar refractivity (Wildman–Crippen MR) is 33.9 cm³/mol. The van der Waals surface area contributed by atoms with Gasteiger partial charge >= 0.3 is 0 Å². The molecule has 0 bridgehead atoms. The summed E-state index contributed by atoms with van der Waals surface area (Å²) in [5.74, 6) is 0. The molecule has 52 valence electrons. The van der Waals surface area contributed by atoms with Crippen molar-refractivity contribution in [2.24, 2.45) is 0 Å². The van der Waals surface area contributed by atoms with Crippen molar-refractivity contribution in [1.82, 2.24) is 0 Å². The van der Waals surface area contributed by atoms with Crippen LogP contribution in [0.5, 0.6) is 0 Å². The van der Waals surface area contributed by atoms with E-state index >= 15 is 0 Å². The minimum absolute atomic E-state index is 0. The Kier molecular flexibility index (Phi) is 426. The summed E-state index contributed by atoms with van der Waals surface area (Å²) >= 11 is 0. The van der Waals surface area contributed by atoms with Gasteiger partial charge in [0.25, 0.3) is 6.47 Å². The van der Waals surface area contributed by atoms with Crippen molar-refractivity contribution in [3.05, 3.63) is 0 Å². The smallest absolute Gasteiger partial charge is 0.290 e. The first-order chi connectivity index (χ1) is 2.83. The van der Waals surface area contributed by atoms with Crippen molar-refractivity contribution >= 4 is 12.8 Å². The maximum absolute atomic E-state index is 8.81. The maximum atomic E-state index is 8.81. The summed E-state index contributed by atoms with van der Waals surface area (Å²) in [7, 11) is 0. The van der Waals surface area contributed by atoms with Crippen LogP contribution in [0.3, 0.4) is 0 Å². The molecule has 1 N–H and O–H groups in total. The highest BCUT2D eigenvalue weighted by Gasteiger charge is 1.24. The minimum atomic E-state index is -0.250. The van der Waals surface area contributed by atoms with Gasteiger partial charge in [-0.2, -0.15) is 0 Å². The average molecular weight is 122 g/mol. The molecule has 0 aliphatic carbocycles. The lowest BCUT2D eigenvalue weighted by atomic mass is 11.0. The molecule has 8 heavy (non-hydrogen) atoms. The monoisotopic (exact) mass is 122 g/mol. The highest BCUT2D eigenvalue weighted by atomic mass is 16.3. The molecule has 3 nitrogen and oxygen atoms in total. The molecule has 0 saturated heterocycles. The van der Waals surface area contributed by atoms with E-state index in [0.717, 1.165) is 6.29 Å². The zero-order valence-corrected chi connectivity index (χ0v) is 3.42. The summed E-state index contributed by atoms with van der Waals surface area (Å²) in [6.07, 6.45) is 0.750. The van der Waals surface area contributed by atoms with Gasteiger partial charge in [-0.15, -0.1) is 0 Å². The van der Waals surface area contributed by atoms with Crippen LogP contribution in [-0.4, -0.2) is 17.9 Å². The summed E-state index contributed by atoms with van der Waals surface area (Å²) in [6, 6.07) is 0. The molecule has 0 aromatic heterocycles. The van der Waals surface area contributed by atoms with Gasteiger partial charge in [-0.1, -0.05) is 14.9 Å². The molecule has 0 heterocycles. The van der Waals surface area contributed by atoms with Crippen molar-refractivity contribution in [2.75, 3.05) is 0 Å². The first kappa shape index (κ1) is 27.3. The van der Waals surface area contributed by atoms with Crippen LogP contribution < -0.4 is 0 Å². The van der Waals surface area contributed by atoms with Crippen LogP contribution in [0.4, 0.5) is 0 Å². The molecular formula is C5H14O3. The van der Waals surface area contributed by atoms with Gasteiger partial charge in [-0.3, -0.25) is 4.79 Å². The van der Waals surface area contributed by atoms with Crippen LogP contribution in [0.2, 0.25) is 0 Å². The zero-order chi connectivity index (χ0) is 5.41. The Labute approximate surface area is 50.3 Å². The van der Waals surface area contributed by atoms with Gasteiger partial charge in [0.15, 0.2) is 0 Å². The van der Waals surface area contributed by atoms with Crippen molar-refractivity contribution in [3.63, 3.8) is 0 Å². The van der Waals surface area contributed by atoms with Crippen molar-refractivity contribution in [1.29, 1.82) is 0 Å². The molecule has 0 aromatic rings. The molecule has 0 rings (SSSR count). The minimum Gasteiger partial charge on any atom is -0.483 e. The molecule has 0 unspecified atom stereocenters. The van der Waals surface area contributed by atoms with E-state index in [1.165, 1.54) is 6.92 Å². The van der Waals surface area contributed by atoms with Gasteiger partial charge in [-0.25, -0.2) is 0 Å². The molecule has 0 aliphatic rings. The third-order valence-electron chi connectivity index (χ3n) is 0. The van der Waals surface area contributed by atoms with Gasteiger partial charge in [-0.05, 0) is 6.92 Å². The van der Waals surface area contributed by atoms with Crippen LogP contribution in [0.1, 0.15) is 21.8 Å². The van der Waals surface area contributed by atoms with E-state index in [1.54, 1.807) is 0 Å². The summed E-state index contributed by atoms with van der Waals surface area (Å²) in [5.41, 5.74) is 0. The van der Waals surface area contributed by atoms with Crippen molar-refractivity contribution in [3.8, 4) is 0 Å². The molecule has 0 atom stereocenters. The summed E-state index contributed by atoms with van der Waals surface area (Å²) in [4.78, 5) is 17.2. The Morgan fingerprint density at radius 2 is 1.25 bits per heavy atom. The lowest BCUT2D eigenvalue weighted by molar-refractivity contribution is -0.122. The standard InChI is InChI=1S/C2H4O.CH2O2.2CH4/c1-2-3;2-1-3;;/h2H,1H3;1H,(H,2,3);2*1H4. The molecular weight excluding hydrogens is 108 g/mol. The van der Waals surface area contributed by atoms with Gasteiger partial charge in [0, 0.05) is 0 Å². The Bertz CT molecular complexity index is 28.7. The summed E-state index contributed by atoms with van der Waals surface area (Å²) < 4.78 is 0. The number of aldehydes is 1. The van der Waals surface area contributed by atoms with Crippen LogP contribution in [0, 0.1) is 0 Å². The molecule has 0 radical (unpaired) electrons. The first-order valence-corrected chi connectivity index (χ1v) is 1.31. The number of hydrogen-bond acceptors (Lipinski definition) is 2. The SMILES string of the molecule is C.C.CC=O.O=CO. The average Bonchev–Trinajstić information content (AvgIpc) is 1.39. The lowest BCUT2D eigenvalue weighted by Gasteiger charge is -1.34. The lowest BCUT2D eigenvalue weighted by Crippen LogP contribution is -1.49. The normalized spacial score (nSPS) is 3.12. The predicted octanol–water partition coefficient (Wildman–Crippen LogP) is 1.18.